The van der Waals surface area contributed by atoms with Crippen LogP contribution in [-0.2, 0) is 15.5 Å². The minimum atomic E-state index is -3.51. The average Bonchev–Trinajstić information content (AvgIpc) is 2.59. The molecule has 1 unspecified atom stereocenters. The second kappa shape index (κ2) is 8.73. The fourth-order valence-corrected chi connectivity index (χ4v) is 3.24. The minimum absolute atomic E-state index is 0.113. The van der Waals surface area contributed by atoms with E-state index in [1.165, 1.54) is 29.2 Å². The molecule has 0 bridgehead atoms. The van der Waals surface area contributed by atoms with E-state index in [0.29, 0.717) is 23.9 Å². The van der Waals surface area contributed by atoms with Gasteiger partial charge in [0.2, 0.25) is 5.91 Å². The normalized spacial score (nSPS) is 19.1. The van der Waals surface area contributed by atoms with Gasteiger partial charge in [0.15, 0.2) is 6.04 Å². The monoisotopic (exact) mass is 461 g/mol. The van der Waals surface area contributed by atoms with Crippen molar-refractivity contribution in [1.29, 1.82) is 0 Å². The number of hydrogen-bond acceptors (Lipinski definition) is 4. The van der Waals surface area contributed by atoms with Crippen molar-refractivity contribution >= 4 is 27.9 Å². The number of halogens is 3. The molecule has 6 nitrogen and oxygen atoms in total. The third kappa shape index (κ3) is 5.88. The summed E-state index contributed by atoms with van der Waals surface area (Å²) in [6.07, 6.45) is 0.598. The molecule has 1 heterocycles. The zero-order valence-electron chi connectivity index (χ0n) is 16.2. The van der Waals surface area contributed by atoms with Crippen LogP contribution in [0.25, 0.3) is 0 Å². The van der Waals surface area contributed by atoms with Gasteiger partial charge in [0.05, 0.1) is 0 Å². The molecule has 2 rings (SSSR count). The Kier molecular flexibility index (Phi) is 7.03. The second-order valence-corrected chi connectivity index (χ2v) is 8.79. The third-order valence-corrected chi connectivity index (χ3v) is 4.87. The molecule has 0 radical (unpaired) electrons. The van der Waals surface area contributed by atoms with Gasteiger partial charge in [0.1, 0.15) is 5.60 Å². The molecule has 1 aromatic rings. The summed E-state index contributed by atoms with van der Waals surface area (Å²) in [7, 11) is 0. The van der Waals surface area contributed by atoms with Gasteiger partial charge in [0.25, 0.3) is 5.92 Å². The lowest BCUT2D eigenvalue weighted by Gasteiger charge is -2.36. The van der Waals surface area contributed by atoms with Gasteiger partial charge in [0, 0.05) is 29.2 Å². The molecule has 1 aromatic carbocycles. The highest BCUT2D eigenvalue weighted by molar-refractivity contribution is 9.10. The van der Waals surface area contributed by atoms with Crippen LogP contribution >= 0.6 is 15.9 Å². The first-order valence-electron chi connectivity index (χ1n) is 9.08. The minimum Gasteiger partial charge on any atom is -0.444 e. The number of nitrogens with zero attached hydrogens (tertiary/aromatic N) is 1. The Balaban J connectivity index is 2.02. The number of alkyl carbamates (subject to hydrolysis) is 1. The van der Waals surface area contributed by atoms with Gasteiger partial charge in [-0.25, -0.2) is 4.79 Å². The highest BCUT2D eigenvalue weighted by Gasteiger charge is 2.45. The van der Waals surface area contributed by atoms with E-state index >= 15 is 0 Å². The molecule has 28 heavy (non-hydrogen) atoms. The van der Waals surface area contributed by atoms with Crippen molar-refractivity contribution in [2.24, 2.45) is 5.73 Å². The Hall–Kier alpha value is -1.74. The molecule has 3 N–H and O–H groups in total. The molecule has 1 aliphatic heterocycles. The first-order valence-corrected chi connectivity index (χ1v) is 9.87. The van der Waals surface area contributed by atoms with Crippen molar-refractivity contribution < 1.29 is 23.1 Å². The zero-order chi connectivity index (χ0) is 21.1. The molecule has 2 atom stereocenters. The topological polar surface area (TPSA) is 84.7 Å². The summed E-state index contributed by atoms with van der Waals surface area (Å²) in [5.41, 5.74) is 4.69. The van der Waals surface area contributed by atoms with Crippen LogP contribution in [0.3, 0.4) is 0 Å². The molecule has 0 spiro atoms. The number of rotatable bonds is 4. The van der Waals surface area contributed by atoms with E-state index in [4.69, 9.17) is 10.5 Å². The molecule has 1 aliphatic rings. The summed E-state index contributed by atoms with van der Waals surface area (Å²) in [6.45, 7) is 5.66. The lowest BCUT2D eigenvalue weighted by Crippen LogP contribution is -2.57. The number of nitrogens with two attached hydrogens (primary N) is 1. The number of amides is 2. The number of ether oxygens (including phenoxy) is 1. The number of likely N-dealkylation sites (tertiary alicyclic amines) is 1. The van der Waals surface area contributed by atoms with Crippen LogP contribution in [-0.4, -0.2) is 47.7 Å². The molecule has 0 aromatic heterocycles. The van der Waals surface area contributed by atoms with Crippen molar-refractivity contribution in [2.75, 3.05) is 13.1 Å². The quantitative estimate of drug-likeness (QED) is 0.719. The van der Waals surface area contributed by atoms with Gasteiger partial charge in [-0.2, -0.15) is 8.78 Å². The zero-order valence-corrected chi connectivity index (χ0v) is 17.8. The number of benzene rings is 1. The summed E-state index contributed by atoms with van der Waals surface area (Å²) in [4.78, 5) is 25.8. The van der Waals surface area contributed by atoms with E-state index in [1.54, 1.807) is 20.8 Å². The summed E-state index contributed by atoms with van der Waals surface area (Å²) in [6, 6.07) is 3.04. The van der Waals surface area contributed by atoms with E-state index in [1.807, 2.05) is 0 Å². The van der Waals surface area contributed by atoms with Crippen molar-refractivity contribution in [1.82, 2.24) is 10.2 Å². The Morgan fingerprint density at radius 3 is 2.46 bits per heavy atom. The standard InChI is InChI=1S/C19H26BrF2N3O3/c1-18(2,3)28-17(27)24-14-5-4-10-25(11-14)16(26)15(23)19(21,22)12-6-8-13(20)9-7-12/h6-9,14-15H,4-5,10-11,23H2,1-3H3,(H,24,27)/t14-,15?/m0/s1. The Morgan fingerprint density at radius 2 is 1.89 bits per heavy atom. The summed E-state index contributed by atoms with van der Waals surface area (Å²) in [5, 5.41) is 2.69. The predicted molar refractivity (Wildman–Crippen MR) is 105 cm³/mol. The van der Waals surface area contributed by atoms with Crippen LogP contribution in [0, 0.1) is 0 Å². The van der Waals surface area contributed by atoms with Crippen molar-refractivity contribution in [3.63, 3.8) is 0 Å². The van der Waals surface area contributed by atoms with E-state index in [9.17, 15) is 18.4 Å². The highest BCUT2D eigenvalue weighted by atomic mass is 79.9. The smallest absolute Gasteiger partial charge is 0.407 e. The Labute approximate surface area is 171 Å². The molecule has 156 valence electrons. The van der Waals surface area contributed by atoms with Crippen molar-refractivity contribution in [3.05, 3.63) is 34.3 Å². The number of piperidine rings is 1. The van der Waals surface area contributed by atoms with Crippen LogP contribution in [0.2, 0.25) is 0 Å². The van der Waals surface area contributed by atoms with E-state index in [2.05, 4.69) is 21.2 Å². The molecule has 9 heteroatoms. The number of carbonyl (C=O) groups excluding carboxylic acids is 2. The van der Waals surface area contributed by atoms with E-state index in [-0.39, 0.29) is 18.2 Å². The van der Waals surface area contributed by atoms with Gasteiger partial charge >= 0.3 is 6.09 Å². The van der Waals surface area contributed by atoms with Gasteiger partial charge in [-0.1, -0.05) is 28.1 Å². The molecule has 0 aliphatic carbocycles. The number of hydrogen-bond donors (Lipinski definition) is 2. The van der Waals surface area contributed by atoms with E-state index < -0.39 is 29.6 Å². The third-order valence-electron chi connectivity index (χ3n) is 4.34. The van der Waals surface area contributed by atoms with Crippen molar-refractivity contribution in [3.8, 4) is 0 Å². The fourth-order valence-electron chi connectivity index (χ4n) is 2.97. The first kappa shape index (κ1) is 22.5. The highest BCUT2D eigenvalue weighted by Crippen LogP contribution is 2.32. The lowest BCUT2D eigenvalue weighted by molar-refractivity contribution is -0.144. The first-order chi connectivity index (χ1) is 12.9. The van der Waals surface area contributed by atoms with Crippen LogP contribution in [0.5, 0.6) is 0 Å². The van der Waals surface area contributed by atoms with Crippen LogP contribution in [0.15, 0.2) is 28.7 Å². The largest absolute Gasteiger partial charge is 0.444 e. The molecule has 0 saturated carbocycles. The molecule has 2 amide bonds. The van der Waals surface area contributed by atoms with Gasteiger partial charge in [-0.15, -0.1) is 0 Å². The SMILES string of the molecule is CC(C)(C)OC(=O)N[C@H]1CCCN(C(=O)C(N)C(F)(F)c2ccc(Br)cc2)C1. The van der Waals surface area contributed by atoms with Crippen LogP contribution in [0.1, 0.15) is 39.2 Å². The van der Waals surface area contributed by atoms with Gasteiger partial charge < -0.3 is 20.7 Å². The van der Waals surface area contributed by atoms with Crippen molar-refractivity contribution in [2.45, 2.75) is 57.2 Å². The fraction of sp³-hybridized carbons (Fsp3) is 0.579. The summed E-state index contributed by atoms with van der Waals surface area (Å²) in [5.74, 6) is -4.35. The second-order valence-electron chi connectivity index (χ2n) is 7.88. The maximum absolute atomic E-state index is 14.7. The Morgan fingerprint density at radius 1 is 1.29 bits per heavy atom. The number of carbonyl (C=O) groups is 2. The summed E-state index contributed by atoms with van der Waals surface area (Å²) >= 11 is 3.19. The molecule has 1 saturated heterocycles. The maximum atomic E-state index is 14.7. The summed E-state index contributed by atoms with van der Waals surface area (Å²) < 4.78 is 35.3. The molecular formula is C19H26BrF2N3O3. The van der Waals surface area contributed by atoms with E-state index in [0.717, 1.165) is 0 Å². The van der Waals surface area contributed by atoms with Crippen LogP contribution < -0.4 is 11.1 Å². The van der Waals surface area contributed by atoms with Gasteiger partial charge in [-0.05, 0) is 45.7 Å². The number of nitrogens with one attached hydrogen (secondary N) is 1. The molecular weight excluding hydrogens is 436 g/mol. The maximum Gasteiger partial charge on any atom is 0.407 e. The molecule has 1 fully saturated rings. The Bertz CT molecular complexity index is 707. The predicted octanol–water partition coefficient (Wildman–Crippen LogP) is 3.38. The lowest BCUT2D eigenvalue weighted by atomic mass is 9.98. The average molecular weight is 462 g/mol. The van der Waals surface area contributed by atoms with Gasteiger partial charge in [-0.3, -0.25) is 4.79 Å². The number of alkyl halides is 2. The van der Waals surface area contributed by atoms with Crippen LogP contribution in [0.4, 0.5) is 13.6 Å².